The van der Waals surface area contributed by atoms with Gasteiger partial charge in [0.2, 0.25) is 0 Å². The molecule has 0 saturated heterocycles. The van der Waals surface area contributed by atoms with Gasteiger partial charge in [-0.1, -0.05) is 65.7 Å². The molecule has 4 rings (SSSR count). The number of para-hydroxylation sites is 1. The van der Waals surface area contributed by atoms with E-state index in [-0.39, 0.29) is 18.4 Å². The zero-order valence-corrected chi connectivity index (χ0v) is 17.4. The zero-order valence-electron chi connectivity index (χ0n) is 16.7. The number of carbonyl (C=O) groups excluding carboxylic acids is 1. The predicted octanol–water partition coefficient (Wildman–Crippen LogP) is 5.46. The second-order valence-electron chi connectivity index (χ2n) is 7.27. The van der Waals surface area contributed by atoms with E-state index in [9.17, 15) is 4.79 Å². The SMILES string of the molecule is Cc1ccc(OCC(=O)NCC(c2ccccc2Cl)c2c[nH]c3ccccc23)cc1. The molecule has 0 saturated carbocycles. The standard InChI is InChI=1S/C25H23ClN2O2/c1-17-10-12-18(13-11-17)30-16-25(29)28-15-21(19-6-2-4-8-23(19)26)22-14-27-24-9-5-3-7-20(22)24/h2-14,21,27H,15-16H2,1H3,(H,28,29). The highest BCUT2D eigenvalue weighted by Gasteiger charge is 2.21. The monoisotopic (exact) mass is 418 g/mol. The first kappa shape index (κ1) is 20.0. The van der Waals surface area contributed by atoms with Crippen LogP contribution in [0.25, 0.3) is 10.9 Å². The van der Waals surface area contributed by atoms with Crippen LogP contribution in [0.4, 0.5) is 0 Å². The highest BCUT2D eigenvalue weighted by molar-refractivity contribution is 6.31. The molecule has 1 heterocycles. The quantitative estimate of drug-likeness (QED) is 0.419. The molecular weight excluding hydrogens is 396 g/mol. The van der Waals surface area contributed by atoms with Crippen molar-refractivity contribution in [3.05, 3.63) is 101 Å². The third kappa shape index (κ3) is 4.50. The van der Waals surface area contributed by atoms with Crippen molar-refractivity contribution in [3.63, 3.8) is 0 Å². The Hall–Kier alpha value is -3.24. The topological polar surface area (TPSA) is 54.1 Å². The first-order valence-corrected chi connectivity index (χ1v) is 10.3. The third-order valence-corrected chi connectivity index (χ3v) is 5.52. The van der Waals surface area contributed by atoms with Crippen molar-refractivity contribution in [1.29, 1.82) is 0 Å². The summed E-state index contributed by atoms with van der Waals surface area (Å²) in [6.07, 6.45) is 1.99. The van der Waals surface area contributed by atoms with Crippen LogP contribution in [-0.4, -0.2) is 24.0 Å². The van der Waals surface area contributed by atoms with Crippen LogP contribution in [0.1, 0.15) is 22.6 Å². The molecule has 1 amide bonds. The van der Waals surface area contributed by atoms with Crippen molar-refractivity contribution in [2.24, 2.45) is 0 Å². The summed E-state index contributed by atoms with van der Waals surface area (Å²) < 4.78 is 5.60. The van der Waals surface area contributed by atoms with Crippen molar-refractivity contribution in [2.75, 3.05) is 13.2 Å². The predicted molar refractivity (Wildman–Crippen MR) is 121 cm³/mol. The van der Waals surface area contributed by atoms with E-state index in [1.807, 2.05) is 79.9 Å². The summed E-state index contributed by atoms with van der Waals surface area (Å²) in [4.78, 5) is 15.8. The lowest BCUT2D eigenvalue weighted by Crippen LogP contribution is -2.32. The molecule has 0 aliphatic carbocycles. The molecule has 1 aromatic heterocycles. The van der Waals surface area contributed by atoms with E-state index < -0.39 is 0 Å². The lowest BCUT2D eigenvalue weighted by molar-refractivity contribution is -0.123. The minimum Gasteiger partial charge on any atom is -0.484 e. The number of ether oxygens (including phenoxy) is 1. The number of benzene rings is 3. The van der Waals surface area contributed by atoms with Crippen LogP contribution in [-0.2, 0) is 4.79 Å². The van der Waals surface area contributed by atoms with Crippen LogP contribution in [0.2, 0.25) is 5.02 Å². The molecule has 0 radical (unpaired) electrons. The van der Waals surface area contributed by atoms with Crippen molar-refractivity contribution in [2.45, 2.75) is 12.8 Å². The minimum atomic E-state index is -0.174. The number of aryl methyl sites for hydroxylation is 1. The molecule has 1 unspecified atom stereocenters. The second kappa shape index (κ2) is 9.06. The number of aromatic nitrogens is 1. The number of hydrogen-bond donors (Lipinski definition) is 2. The Bertz CT molecular complexity index is 1150. The van der Waals surface area contributed by atoms with Gasteiger partial charge in [-0.25, -0.2) is 0 Å². The van der Waals surface area contributed by atoms with Gasteiger partial charge in [-0.15, -0.1) is 0 Å². The molecule has 2 N–H and O–H groups in total. The molecular formula is C25H23ClN2O2. The summed E-state index contributed by atoms with van der Waals surface area (Å²) >= 11 is 6.51. The van der Waals surface area contributed by atoms with Gasteiger partial charge < -0.3 is 15.0 Å². The fourth-order valence-electron chi connectivity index (χ4n) is 3.58. The van der Waals surface area contributed by atoms with Crippen LogP contribution in [0.3, 0.4) is 0 Å². The van der Waals surface area contributed by atoms with Crippen molar-refractivity contribution >= 4 is 28.4 Å². The highest BCUT2D eigenvalue weighted by atomic mass is 35.5. The summed E-state index contributed by atoms with van der Waals surface area (Å²) in [7, 11) is 0. The van der Waals surface area contributed by atoms with Gasteiger partial charge in [0.1, 0.15) is 5.75 Å². The molecule has 0 aliphatic heterocycles. The fourth-order valence-corrected chi connectivity index (χ4v) is 3.85. The fraction of sp³-hybridized carbons (Fsp3) is 0.160. The number of amides is 1. The van der Waals surface area contributed by atoms with Crippen LogP contribution >= 0.6 is 11.6 Å². The van der Waals surface area contributed by atoms with E-state index in [0.717, 1.165) is 27.6 Å². The molecule has 1 atom stereocenters. The summed E-state index contributed by atoms with van der Waals surface area (Å²) in [6, 6.07) is 23.5. The molecule has 0 bridgehead atoms. The number of rotatable bonds is 7. The number of aromatic amines is 1. The maximum absolute atomic E-state index is 12.5. The normalized spacial score (nSPS) is 11.9. The van der Waals surface area contributed by atoms with Gasteiger partial charge in [-0.3, -0.25) is 4.79 Å². The first-order chi connectivity index (χ1) is 14.6. The average molecular weight is 419 g/mol. The van der Waals surface area contributed by atoms with Gasteiger partial charge in [0, 0.05) is 34.6 Å². The van der Waals surface area contributed by atoms with E-state index >= 15 is 0 Å². The van der Waals surface area contributed by atoms with Crippen molar-refractivity contribution < 1.29 is 9.53 Å². The molecule has 0 aliphatic rings. The molecule has 4 nitrogen and oxygen atoms in total. The van der Waals surface area contributed by atoms with E-state index in [1.54, 1.807) is 0 Å². The Morgan fingerprint density at radius 1 is 1.00 bits per heavy atom. The van der Waals surface area contributed by atoms with E-state index in [0.29, 0.717) is 17.3 Å². The largest absolute Gasteiger partial charge is 0.484 e. The van der Waals surface area contributed by atoms with Crippen molar-refractivity contribution in [3.8, 4) is 5.75 Å². The van der Waals surface area contributed by atoms with Gasteiger partial charge in [0.25, 0.3) is 5.91 Å². The van der Waals surface area contributed by atoms with E-state index in [1.165, 1.54) is 0 Å². The maximum Gasteiger partial charge on any atom is 0.257 e. The molecule has 0 fully saturated rings. The average Bonchev–Trinajstić information content (AvgIpc) is 3.19. The van der Waals surface area contributed by atoms with Crippen LogP contribution in [0.15, 0.2) is 79.0 Å². The molecule has 152 valence electrons. The Balaban J connectivity index is 1.51. The Kier molecular flexibility index (Phi) is 6.05. The third-order valence-electron chi connectivity index (χ3n) is 5.17. The molecule has 4 aromatic rings. The molecule has 3 aromatic carbocycles. The van der Waals surface area contributed by atoms with Gasteiger partial charge in [0.15, 0.2) is 6.61 Å². The number of H-pyrrole nitrogens is 1. The van der Waals surface area contributed by atoms with Gasteiger partial charge in [-0.05, 0) is 42.3 Å². The van der Waals surface area contributed by atoms with Crippen LogP contribution < -0.4 is 10.1 Å². The summed E-state index contributed by atoms with van der Waals surface area (Å²) in [5.74, 6) is 0.417. The summed E-state index contributed by atoms with van der Waals surface area (Å²) in [5, 5.41) is 4.80. The van der Waals surface area contributed by atoms with Gasteiger partial charge in [0.05, 0.1) is 0 Å². The lowest BCUT2D eigenvalue weighted by Gasteiger charge is -2.19. The second-order valence-corrected chi connectivity index (χ2v) is 7.68. The lowest BCUT2D eigenvalue weighted by atomic mass is 9.91. The number of fused-ring (bicyclic) bond motifs is 1. The van der Waals surface area contributed by atoms with Gasteiger partial charge >= 0.3 is 0 Å². The molecule has 30 heavy (non-hydrogen) atoms. The van der Waals surface area contributed by atoms with Crippen LogP contribution in [0, 0.1) is 6.92 Å². The summed E-state index contributed by atoms with van der Waals surface area (Å²) in [5.41, 5.74) is 4.27. The minimum absolute atomic E-state index is 0.0355. The van der Waals surface area contributed by atoms with E-state index in [4.69, 9.17) is 16.3 Å². The number of halogens is 1. The van der Waals surface area contributed by atoms with Gasteiger partial charge in [-0.2, -0.15) is 0 Å². The number of hydrogen-bond acceptors (Lipinski definition) is 2. The number of carbonyl (C=O) groups is 1. The van der Waals surface area contributed by atoms with E-state index in [2.05, 4.69) is 16.4 Å². The summed E-state index contributed by atoms with van der Waals surface area (Å²) in [6.45, 7) is 2.39. The Morgan fingerprint density at radius 3 is 2.53 bits per heavy atom. The molecule has 0 spiro atoms. The molecule has 5 heteroatoms. The Morgan fingerprint density at radius 2 is 1.73 bits per heavy atom. The first-order valence-electron chi connectivity index (χ1n) is 9.88. The highest BCUT2D eigenvalue weighted by Crippen LogP contribution is 2.34. The smallest absolute Gasteiger partial charge is 0.257 e. The maximum atomic E-state index is 12.5. The number of nitrogens with one attached hydrogen (secondary N) is 2. The zero-order chi connectivity index (χ0) is 20.9. The van der Waals surface area contributed by atoms with Crippen LogP contribution in [0.5, 0.6) is 5.75 Å². The Labute approximate surface area is 180 Å². The van der Waals surface area contributed by atoms with Crippen molar-refractivity contribution in [1.82, 2.24) is 10.3 Å².